The fourth-order valence-electron chi connectivity index (χ4n) is 0. The van der Waals surface area contributed by atoms with E-state index in [1.165, 1.54) is 0 Å². The molecule has 0 saturated heterocycles. The maximum absolute atomic E-state index is 8.48. The molecular formula is O3PPt+. The minimum Gasteiger partial charge on any atom is -0.598 e. The van der Waals surface area contributed by atoms with Crippen LogP contribution >= 0.6 is 8.25 Å². The zero-order chi connectivity index (χ0) is 3.58. The third-order valence-electron chi connectivity index (χ3n) is 0. The van der Waals surface area contributed by atoms with Gasteiger partial charge < -0.3 is 9.79 Å². The van der Waals surface area contributed by atoms with Crippen molar-refractivity contribution in [2.24, 2.45) is 0 Å². The molecule has 0 atom stereocenters. The molecule has 0 rings (SSSR count). The molecule has 5 heteroatoms. The van der Waals surface area contributed by atoms with Gasteiger partial charge in [0, 0.05) is 0 Å². The molecule has 0 aliphatic heterocycles. The molecule has 5 heavy (non-hydrogen) atoms. The summed E-state index contributed by atoms with van der Waals surface area (Å²) >= 11 is 0. The summed E-state index contributed by atoms with van der Waals surface area (Å²) in [6.07, 6.45) is 0. The number of rotatable bonds is 0. The van der Waals surface area contributed by atoms with Crippen LogP contribution in [0.1, 0.15) is 0 Å². The summed E-state index contributed by atoms with van der Waals surface area (Å²) in [5.41, 5.74) is 0. The van der Waals surface area contributed by atoms with E-state index in [0.717, 1.165) is 0 Å². The fraction of sp³-hybridized carbons (Fsp3) is 0. The van der Waals surface area contributed by atoms with Crippen molar-refractivity contribution in [2.45, 2.75) is 0 Å². The minimum atomic E-state index is -3.37. The first-order valence-corrected chi connectivity index (χ1v) is 1.64. The van der Waals surface area contributed by atoms with E-state index in [9.17, 15) is 0 Å². The van der Waals surface area contributed by atoms with Crippen LogP contribution in [0.25, 0.3) is 0 Å². The van der Waals surface area contributed by atoms with Gasteiger partial charge >= 0.3 is 21.1 Å². The van der Waals surface area contributed by atoms with E-state index in [-0.39, 0.29) is 21.1 Å². The molecule has 0 aliphatic carbocycles. The quantitative estimate of drug-likeness (QED) is 0.498. The van der Waals surface area contributed by atoms with E-state index in [2.05, 4.69) is 0 Å². The van der Waals surface area contributed by atoms with Crippen molar-refractivity contribution in [3.8, 4) is 0 Å². The molecule has 0 bridgehead atoms. The zero-order valence-electron chi connectivity index (χ0n) is 1.99. The number of hydrogen-bond acceptors (Lipinski definition) is 3. The molecule has 0 fully saturated rings. The summed E-state index contributed by atoms with van der Waals surface area (Å²) in [4.78, 5) is 17.0. The van der Waals surface area contributed by atoms with Gasteiger partial charge in [-0.3, -0.25) is 0 Å². The van der Waals surface area contributed by atoms with E-state index in [4.69, 9.17) is 14.4 Å². The van der Waals surface area contributed by atoms with Crippen LogP contribution in [0, 0.1) is 0 Å². The molecule has 0 aliphatic rings. The first kappa shape index (κ1) is 9.20. The van der Waals surface area contributed by atoms with Crippen LogP contribution in [-0.4, -0.2) is 0 Å². The van der Waals surface area contributed by atoms with Crippen LogP contribution in [0.2, 0.25) is 0 Å². The second-order valence-electron chi connectivity index (χ2n) is 0.224. The predicted molar refractivity (Wildman–Crippen MR) is 7.61 cm³/mol. The Morgan fingerprint density at radius 1 is 1.40 bits per heavy atom. The van der Waals surface area contributed by atoms with Gasteiger partial charge in [0.15, 0.2) is 0 Å². The Balaban J connectivity index is 0. The molecule has 0 spiro atoms. The van der Waals surface area contributed by atoms with Gasteiger partial charge in [0.25, 0.3) is 8.25 Å². The van der Waals surface area contributed by atoms with Crippen molar-refractivity contribution in [2.75, 3.05) is 0 Å². The maximum atomic E-state index is 8.48. The summed E-state index contributed by atoms with van der Waals surface area (Å²) in [6.45, 7) is 0. The molecule has 32 valence electrons. The van der Waals surface area contributed by atoms with Gasteiger partial charge in [-0.2, -0.15) is 0 Å². The Labute approximate surface area is 44.2 Å². The molecule has 0 aromatic rings. The average molecular weight is 274 g/mol. The summed E-state index contributed by atoms with van der Waals surface area (Å²) in [7, 11) is -3.37. The molecule has 0 saturated carbocycles. The maximum Gasteiger partial charge on any atom is 2.00 e. The summed E-state index contributed by atoms with van der Waals surface area (Å²) in [5.74, 6) is 0. The van der Waals surface area contributed by atoms with Crippen LogP contribution in [-0.2, 0) is 25.6 Å². The Kier molecular flexibility index (Phi) is 8.67. The third-order valence-corrected chi connectivity index (χ3v) is 0. The van der Waals surface area contributed by atoms with Gasteiger partial charge in [0.05, 0.1) is 0 Å². The molecule has 0 N–H and O–H groups in total. The summed E-state index contributed by atoms with van der Waals surface area (Å²) in [6, 6.07) is 0. The van der Waals surface area contributed by atoms with Crippen LogP contribution in [0.3, 0.4) is 0 Å². The van der Waals surface area contributed by atoms with E-state index in [1.807, 2.05) is 0 Å². The smallest absolute Gasteiger partial charge is 0.598 e. The summed E-state index contributed by atoms with van der Waals surface area (Å²) in [5, 5.41) is 0. The average Bonchev–Trinajstić information content (AvgIpc) is 0.811. The monoisotopic (exact) mass is 274 g/mol. The van der Waals surface area contributed by atoms with E-state index in [1.54, 1.807) is 0 Å². The Morgan fingerprint density at radius 2 is 1.40 bits per heavy atom. The standard InChI is InChI=1S/HO3P.Pt/c1-4(2)3;/h(H,1,2,3);/q;+2/p-1. The third kappa shape index (κ3) is 68.8. The van der Waals surface area contributed by atoms with Crippen molar-refractivity contribution in [1.82, 2.24) is 0 Å². The van der Waals surface area contributed by atoms with Crippen molar-refractivity contribution in [3.05, 3.63) is 0 Å². The van der Waals surface area contributed by atoms with Gasteiger partial charge in [-0.25, -0.2) is 0 Å². The second kappa shape index (κ2) is 4.71. The first-order valence-electron chi connectivity index (χ1n) is 0.548. The van der Waals surface area contributed by atoms with Gasteiger partial charge in [-0.05, 0) is 0 Å². The predicted octanol–water partition coefficient (Wildman–Crippen LogP) is -1.64. The first-order chi connectivity index (χ1) is 1.73. The molecule has 0 amide bonds. The molecule has 0 unspecified atom stereocenters. The van der Waals surface area contributed by atoms with Crippen molar-refractivity contribution in [3.63, 3.8) is 0 Å². The zero-order valence-corrected chi connectivity index (χ0v) is 5.15. The largest absolute Gasteiger partial charge is 2.00 e. The van der Waals surface area contributed by atoms with Crippen LogP contribution in [0.15, 0.2) is 0 Å². The molecule has 3 nitrogen and oxygen atoms in total. The summed E-state index contributed by atoms with van der Waals surface area (Å²) < 4.78 is 8.48. The van der Waals surface area contributed by atoms with Crippen LogP contribution < -0.4 is 9.79 Å². The van der Waals surface area contributed by atoms with Gasteiger partial charge in [0.1, 0.15) is 0 Å². The van der Waals surface area contributed by atoms with E-state index >= 15 is 0 Å². The van der Waals surface area contributed by atoms with E-state index < -0.39 is 8.25 Å². The minimum absolute atomic E-state index is 0. The molecule has 0 aromatic carbocycles. The Hall–Kier alpha value is 0.708. The topological polar surface area (TPSA) is 63.2 Å². The molecule has 0 heterocycles. The van der Waals surface area contributed by atoms with Crippen LogP contribution in [0.5, 0.6) is 0 Å². The number of hydrogen-bond donors (Lipinski definition) is 0. The molecule has 0 aromatic heterocycles. The van der Waals surface area contributed by atoms with Crippen molar-refractivity contribution in [1.29, 1.82) is 0 Å². The molecule has 0 radical (unpaired) electrons. The van der Waals surface area contributed by atoms with Gasteiger partial charge in [-0.1, -0.05) is 4.57 Å². The van der Waals surface area contributed by atoms with E-state index in [0.29, 0.717) is 0 Å². The Bertz CT molecular complexity index is 29.9. The van der Waals surface area contributed by atoms with Crippen molar-refractivity contribution >= 4 is 8.25 Å². The SMILES string of the molecule is O=[P+]([O-])[O-].[Pt+2]. The normalized spacial score (nSPS) is 5.20. The van der Waals surface area contributed by atoms with Gasteiger partial charge in [0.2, 0.25) is 0 Å². The van der Waals surface area contributed by atoms with Crippen LogP contribution in [0.4, 0.5) is 0 Å². The fourth-order valence-corrected chi connectivity index (χ4v) is 0. The molecular weight excluding hydrogens is 274 g/mol. The van der Waals surface area contributed by atoms with Crippen molar-refractivity contribution < 1.29 is 35.4 Å². The Morgan fingerprint density at radius 3 is 1.40 bits per heavy atom. The van der Waals surface area contributed by atoms with Gasteiger partial charge in [-0.15, -0.1) is 0 Å². The second-order valence-corrected chi connectivity index (χ2v) is 0.671.